The van der Waals surface area contributed by atoms with Crippen LogP contribution in [0.5, 0.6) is 0 Å². The third kappa shape index (κ3) is 5.18. The molecular weight excluding hydrogens is 362 g/mol. The van der Waals surface area contributed by atoms with Crippen LogP contribution in [0.3, 0.4) is 0 Å². The number of hydrogen-bond acceptors (Lipinski definition) is 5. The molecule has 2 aromatic carbocycles. The van der Waals surface area contributed by atoms with Gasteiger partial charge in [0.2, 0.25) is 0 Å². The highest BCUT2D eigenvalue weighted by Crippen LogP contribution is 2.18. The number of aromatic nitrogens is 3. The molecule has 8 heteroatoms. The van der Waals surface area contributed by atoms with Crippen LogP contribution in [-0.2, 0) is 12.3 Å². The average Bonchev–Trinajstić information content (AvgIpc) is 3.24. The molecule has 2 amide bonds. The minimum Gasteiger partial charge on any atom is -0.355 e. The van der Waals surface area contributed by atoms with E-state index in [2.05, 4.69) is 25.8 Å². The smallest absolute Gasteiger partial charge is 0.251 e. The zero-order valence-electron chi connectivity index (χ0n) is 14.7. The van der Waals surface area contributed by atoms with Crippen molar-refractivity contribution in [2.45, 2.75) is 17.5 Å². The molecule has 27 heavy (non-hydrogen) atoms. The summed E-state index contributed by atoms with van der Waals surface area (Å²) < 4.78 is 0. The van der Waals surface area contributed by atoms with Gasteiger partial charge in [-0.15, -0.1) is 0 Å². The molecule has 1 heterocycles. The molecule has 0 saturated carbocycles. The van der Waals surface area contributed by atoms with Crippen LogP contribution in [0.1, 0.15) is 31.8 Å². The van der Waals surface area contributed by atoms with Gasteiger partial charge in [0, 0.05) is 30.5 Å². The normalized spacial score (nSPS) is 10.4. The zero-order valence-corrected chi connectivity index (χ0v) is 15.5. The molecule has 3 aromatic rings. The lowest BCUT2D eigenvalue weighted by Crippen LogP contribution is -2.23. The van der Waals surface area contributed by atoms with Gasteiger partial charge in [-0.25, -0.2) is 4.98 Å². The fraction of sp³-hybridized carbons (Fsp3) is 0.158. The van der Waals surface area contributed by atoms with Crippen molar-refractivity contribution in [3.05, 3.63) is 77.1 Å². The highest BCUT2D eigenvalue weighted by Gasteiger charge is 2.07. The maximum Gasteiger partial charge on any atom is 0.251 e. The number of nitrogens with one attached hydrogen (secondary N) is 3. The predicted octanol–water partition coefficient (Wildman–Crippen LogP) is 2.39. The third-order valence-electron chi connectivity index (χ3n) is 3.88. The van der Waals surface area contributed by atoms with E-state index in [0.717, 1.165) is 22.0 Å². The topological polar surface area (TPSA) is 99.8 Å². The number of nitrogens with zero attached hydrogens (tertiary/aromatic N) is 2. The summed E-state index contributed by atoms with van der Waals surface area (Å²) >= 11 is 1.55. The molecule has 0 atom stereocenters. The standard InChI is InChI=1S/C19H19N5O2S/c1-20-17(25)15-6-2-13(3-7-15)10-21-18(26)16-8-4-14(5-9-16)11-27-19-22-12-23-24-19/h2-9,12H,10-11H2,1H3,(H,20,25)(H,21,26)(H,22,23,24). The fourth-order valence-electron chi connectivity index (χ4n) is 2.37. The number of hydrogen-bond donors (Lipinski definition) is 3. The molecular formula is C19H19N5O2S. The van der Waals surface area contributed by atoms with E-state index in [-0.39, 0.29) is 11.8 Å². The van der Waals surface area contributed by atoms with Gasteiger partial charge in [0.25, 0.3) is 11.8 Å². The first kappa shape index (κ1) is 18.7. The summed E-state index contributed by atoms with van der Waals surface area (Å²) in [7, 11) is 1.59. The molecule has 138 valence electrons. The molecule has 7 nitrogen and oxygen atoms in total. The van der Waals surface area contributed by atoms with Gasteiger partial charge in [0.15, 0.2) is 5.16 Å². The van der Waals surface area contributed by atoms with E-state index < -0.39 is 0 Å². The number of amides is 2. The van der Waals surface area contributed by atoms with Gasteiger partial charge in [-0.2, -0.15) is 5.10 Å². The predicted molar refractivity (Wildman–Crippen MR) is 103 cm³/mol. The Hall–Kier alpha value is -3.13. The van der Waals surface area contributed by atoms with Crippen molar-refractivity contribution in [1.82, 2.24) is 25.8 Å². The SMILES string of the molecule is CNC(=O)c1ccc(CNC(=O)c2ccc(CSc3ncn[nH]3)cc2)cc1. The van der Waals surface area contributed by atoms with Crippen LogP contribution in [-0.4, -0.2) is 34.0 Å². The maximum absolute atomic E-state index is 12.3. The minimum absolute atomic E-state index is 0.132. The molecule has 3 rings (SSSR count). The molecule has 0 saturated heterocycles. The summed E-state index contributed by atoms with van der Waals surface area (Å²) in [6.45, 7) is 0.399. The summed E-state index contributed by atoms with van der Waals surface area (Å²) in [5.41, 5.74) is 3.21. The van der Waals surface area contributed by atoms with Gasteiger partial charge in [-0.3, -0.25) is 14.7 Å². The van der Waals surface area contributed by atoms with Crippen molar-refractivity contribution >= 4 is 23.6 Å². The first-order chi connectivity index (χ1) is 13.2. The van der Waals surface area contributed by atoms with Crippen LogP contribution >= 0.6 is 11.8 Å². The molecule has 0 unspecified atom stereocenters. The third-order valence-corrected chi connectivity index (χ3v) is 4.83. The van der Waals surface area contributed by atoms with Crippen molar-refractivity contribution in [2.75, 3.05) is 7.05 Å². The van der Waals surface area contributed by atoms with E-state index in [9.17, 15) is 9.59 Å². The van der Waals surface area contributed by atoms with Gasteiger partial charge in [0.1, 0.15) is 6.33 Å². The first-order valence-electron chi connectivity index (χ1n) is 8.32. The summed E-state index contributed by atoms with van der Waals surface area (Å²) in [4.78, 5) is 27.9. The minimum atomic E-state index is -0.139. The Kier molecular flexibility index (Phi) is 6.22. The van der Waals surface area contributed by atoms with Gasteiger partial charge < -0.3 is 10.6 Å². The number of rotatable bonds is 7. The van der Waals surface area contributed by atoms with Crippen molar-refractivity contribution < 1.29 is 9.59 Å². The summed E-state index contributed by atoms with van der Waals surface area (Å²) in [6, 6.07) is 14.6. The van der Waals surface area contributed by atoms with Gasteiger partial charge in [-0.05, 0) is 35.4 Å². The molecule has 0 aliphatic rings. The molecule has 0 bridgehead atoms. The Morgan fingerprint density at radius 3 is 2.19 bits per heavy atom. The van der Waals surface area contributed by atoms with Crippen molar-refractivity contribution in [3.63, 3.8) is 0 Å². The fourth-order valence-corrected chi connectivity index (χ4v) is 3.11. The van der Waals surface area contributed by atoms with Crippen molar-refractivity contribution in [2.24, 2.45) is 0 Å². The maximum atomic E-state index is 12.3. The quantitative estimate of drug-likeness (QED) is 0.546. The van der Waals surface area contributed by atoms with E-state index >= 15 is 0 Å². The molecule has 3 N–H and O–H groups in total. The Labute approximate surface area is 161 Å². The molecule has 0 spiro atoms. The number of carbonyl (C=O) groups is 2. The van der Waals surface area contributed by atoms with Gasteiger partial charge >= 0.3 is 0 Å². The monoisotopic (exact) mass is 381 g/mol. The van der Waals surface area contributed by atoms with E-state index in [4.69, 9.17) is 0 Å². The average molecular weight is 381 g/mol. The number of H-pyrrole nitrogens is 1. The Morgan fingerprint density at radius 2 is 1.59 bits per heavy atom. The van der Waals surface area contributed by atoms with E-state index in [1.165, 1.54) is 6.33 Å². The second-order valence-corrected chi connectivity index (χ2v) is 6.70. The molecule has 0 fully saturated rings. The summed E-state index contributed by atoms with van der Waals surface area (Å²) in [6.07, 6.45) is 1.47. The van der Waals surface area contributed by atoms with Crippen LogP contribution < -0.4 is 10.6 Å². The number of thioether (sulfide) groups is 1. The lowest BCUT2D eigenvalue weighted by atomic mass is 10.1. The largest absolute Gasteiger partial charge is 0.355 e. The van der Waals surface area contributed by atoms with Crippen molar-refractivity contribution in [3.8, 4) is 0 Å². The summed E-state index contributed by atoms with van der Waals surface area (Å²) in [5, 5.41) is 12.8. The second-order valence-electron chi connectivity index (χ2n) is 5.73. The van der Waals surface area contributed by atoms with Crippen LogP contribution in [0, 0.1) is 0 Å². The van der Waals surface area contributed by atoms with Gasteiger partial charge in [-0.1, -0.05) is 36.0 Å². The number of benzene rings is 2. The summed E-state index contributed by atoms with van der Waals surface area (Å²) in [5.74, 6) is 0.473. The van der Waals surface area contributed by atoms with Crippen LogP contribution in [0.2, 0.25) is 0 Å². The van der Waals surface area contributed by atoms with Crippen LogP contribution in [0.4, 0.5) is 0 Å². The molecule has 0 radical (unpaired) electrons. The lowest BCUT2D eigenvalue weighted by molar-refractivity contribution is 0.0946. The highest BCUT2D eigenvalue weighted by molar-refractivity contribution is 7.98. The van der Waals surface area contributed by atoms with Crippen LogP contribution in [0.15, 0.2) is 60.0 Å². The Bertz CT molecular complexity index is 893. The number of carbonyl (C=O) groups excluding carboxylic acids is 2. The Balaban J connectivity index is 1.51. The molecule has 1 aromatic heterocycles. The zero-order chi connectivity index (χ0) is 19.1. The second kappa shape index (κ2) is 9.00. The first-order valence-corrected chi connectivity index (χ1v) is 9.30. The van der Waals surface area contributed by atoms with E-state index in [1.807, 2.05) is 24.3 Å². The highest BCUT2D eigenvalue weighted by atomic mass is 32.2. The Morgan fingerprint density at radius 1 is 0.963 bits per heavy atom. The molecule has 0 aliphatic heterocycles. The van der Waals surface area contributed by atoms with Gasteiger partial charge in [0.05, 0.1) is 0 Å². The van der Waals surface area contributed by atoms with Crippen molar-refractivity contribution in [1.29, 1.82) is 0 Å². The molecule has 0 aliphatic carbocycles. The number of aromatic amines is 1. The lowest BCUT2D eigenvalue weighted by Gasteiger charge is -2.07. The van der Waals surface area contributed by atoms with E-state index in [0.29, 0.717) is 17.7 Å². The van der Waals surface area contributed by atoms with E-state index in [1.54, 1.807) is 43.1 Å². The van der Waals surface area contributed by atoms with Crippen LogP contribution in [0.25, 0.3) is 0 Å².